The van der Waals surface area contributed by atoms with E-state index in [4.69, 9.17) is 4.42 Å². The number of H-pyrrole nitrogens is 1. The van der Waals surface area contributed by atoms with Crippen LogP contribution in [0.1, 0.15) is 61.9 Å². The first kappa shape index (κ1) is 16.3. The van der Waals surface area contributed by atoms with Crippen molar-refractivity contribution in [2.75, 3.05) is 0 Å². The Labute approximate surface area is 149 Å². The van der Waals surface area contributed by atoms with Gasteiger partial charge in [-0.25, -0.2) is 4.98 Å². The van der Waals surface area contributed by atoms with Crippen LogP contribution in [0.15, 0.2) is 38.7 Å². The van der Waals surface area contributed by atoms with Crippen molar-refractivity contribution in [2.24, 2.45) is 0 Å². The molecule has 0 spiro atoms. The average molecular weight is 356 g/mol. The smallest absolute Gasteiger partial charge is 0.277 e. The lowest BCUT2D eigenvalue weighted by atomic mass is 9.89. The average Bonchev–Trinajstić information content (AvgIpc) is 3.11. The van der Waals surface area contributed by atoms with Crippen molar-refractivity contribution in [3.8, 4) is 0 Å². The number of aromatic amines is 1. The van der Waals surface area contributed by atoms with Crippen LogP contribution in [0.25, 0.3) is 10.9 Å². The number of para-hydroxylation sites is 1. The van der Waals surface area contributed by atoms with Gasteiger partial charge in [-0.2, -0.15) is 0 Å². The van der Waals surface area contributed by atoms with Gasteiger partial charge in [0.05, 0.1) is 16.2 Å². The Morgan fingerprint density at radius 3 is 2.84 bits per heavy atom. The van der Waals surface area contributed by atoms with E-state index in [2.05, 4.69) is 20.2 Å². The second-order valence-electron chi connectivity index (χ2n) is 6.47. The van der Waals surface area contributed by atoms with Gasteiger partial charge in [0, 0.05) is 5.92 Å². The minimum absolute atomic E-state index is 0.0861. The fraction of sp³-hybridized carbons (Fsp3) is 0.444. The lowest BCUT2D eigenvalue weighted by Gasteiger charge is -2.17. The molecule has 1 saturated carbocycles. The number of fused-ring (bicyclic) bond motifs is 1. The largest absolute Gasteiger partial charge is 0.416 e. The monoisotopic (exact) mass is 356 g/mol. The number of aromatic nitrogens is 4. The second kappa shape index (κ2) is 7.00. The first-order chi connectivity index (χ1) is 12.2. The van der Waals surface area contributed by atoms with Gasteiger partial charge in [0.1, 0.15) is 5.82 Å². The fourth-order valence-electron chi connectivity index (χ4n) is 3.29. The SMILES string of the molecule is C[C@@H](Sc1nnc(C2CCCCC2)o1)c1nc2ccccc2c(=O)[nH]1. The molecule has 1 aliphatic carbocycles. The fourth-order valence-corrected chi connectivity index (χ4v) is 4.03. The molecule has 2 aromatic heterocycles. The van der Waals surface area contributed by atoms with E-state index in [-0.39, 0.29) is 10.8 Å². The van der Waals surface area contributed by atoms with Crippen LogP contribution in [0.4, 0.5) is 0 Å². The summed E-state index contributed by atoms with van der Waals surface area (Å²) in [5, 5.41) is 9.44. The maximum absolute atomic E-state index is 12.2. The lowest BCUT2D eigenvalue weighted by Crippen LogP contribution is -2.12. The first-order valence-corrected chi connectivity index (χ1v) is 9.57. The Balaban J connectivity index is 1.53. The van der Waals surface area contributed by atoms with Gasteiger partial charge < -0.3 is 9.40 Å². The summed E-state index contributed by atoms with van der Waals surface area (Å²) in [5.74, 6) is 1.75. The zero-order valence-electron chi connectivity index (χ0n) is 14.1. The summed E-state index contributed by atoms with van der Waals surface area (Å²) in [7, 11) is 0. The van der Waals surface area contributed by atoms with Crippen LogP contribution in [0.2, 0.25) is 0 Å². The minimum atomic E-state index is -0.124. The predicted octanol–water partition coefficient (Wildman–Crippen LogP) is 4.21. The molecule has 0 unspecified atom stereocenters. The van der Waals surface area contributed by atoms with Crippen molar-refractivity contribution in [1.82, 2.24) is 20.2 Å². The molecule has 1 N–H and O–H groups in total. The third-order valence-corrected chi connectivity index (χ3v) is 5.61. The normalized spacial score (nSPS) is 17.0. The molecule has 2 heterocycles. The molecule has 0 aliphatic heterocycles. The van der Waals surface area contributed by atoms with Crippen LogP contribution in [0.5, 0.6) is 0 Å². The number of hydrogen-bond acceptors (Lipinski definition) is 6. The second-order valence-corrected chi connectivity index (χ2v) is 7.76. The molecule has 0 amide bonds. The summed E-state index contributed by atoms with van der Waals surface area (Å²) >= 11 is 1.43. The summed E-state index contributed by atoms with van der Waals surface area (Å²) in [4.78, 5) is 19.6. The highest BCUT2D eigenvalue weighted by Gasteiger charge is 2.22. The minimum Gasteiger partial charge on any atom is -0.416 e. The Bertz CT molecular complexity index is 930. The quantitative estimate of drug-likeness (QED) is 0.705. The summed E-state index contributed by atoms with van der Waals surface area (Å²) in [6.45, 7) is 1.97. The van der Waals surface area contributed by atoms with Gasteiger partial charge in [-0.15, -0.1) is 10.2 Å². The molecular weight excluding hydrogens is 336 g/mol. The number of nitrogens with zero attached hydrogens (tertiary/aromatic N) is 3. The van der Waals surface area contributed by atoms with Gasteiger partial charge in [0.25, 0.3) is 10.8 Å². The molecule has 1 atom stereocenters. The highest BCUT2D eigenvalue weighted by atomic mass is 32.2. The zero-order valence-corrected chi connectivity index (χ0v) is 14.9. The van der Waals surface area contributed by atoms with E-state index < -0.39 is 0 Å². The molecule has 3 aromatic rings. The van der Waals surface area contributed by atoms with E-state index in [1.54, 1.807) is 6.07 Å². The Kier molecular flexibility index (Phi) is 4.57. The Hall–Kier alpha value is -2.15. The van der Waals surface area contributed by atoms with Crippen molar-refractivity contribution >= 4 is 22.7 Å². The van der Waals surface area contributed by atoms with Crippen molar-refractivity contribution < 1.29 is 4.42 Å². The summed E-state index contributed by atoms with van der Waals surface area (Å²) in [6, 6.07) is 7.34. The third kappa shape index (κ3) is 3.46. The van der Waals surface area contributed by atoms with Crippen LogP contribution in [0.3, 0.4) is 0 Å². The maximum Gasteiger partial charge on any atom is 0.277 e. The Morgan fingerprint density at radius 2 is 2.00 bits per heavy atom. The van der Waals surface area contributed by atoms with Crippen LogP contribution < -0.4 is 5.56 Å². The van der Waals surface area contributed by atoms with Gasteiger partial charge in [0.15, 0.2) is 0 Å². The Morgan fingerprint density at radius 1 is 1.20 bits per heavy atom. The molecule has 1 aliphatic rings. The van der Waals surface area contributed by atoms with Crippen molar-refractivity contribution in [1.29, 1.82) is 0 Å². The van der Waals surface area contributed by atoms with E-state index in [1.807, 2.05) is 25.1 Å². The van der Waals surface area contributed by atoms with Crippen molar-refractivity contribution in [2.45, 2.75) is 55.4 Å². The molecule has 0 radical (unpaired) electrons. The molecule has 1 aromatic carbocycles. The van der Waals surface area contributed by atoms with Crippen molar-refractivity contribution in [3.05, 3.63) is 46.3 Å². The number of benzene rings is 1. The lowest BCUT2D eigenvalue weighted by molar-refractivity contribution is 0.334. The highest BCUT2D eigenvalue weighted by Crippen LogP contribution is 2.36. The van der Waals surface area contributed by atoms with Crippen molar-refractivity contribution in [3.63, 3.8) is 0 Å². The molecule has 6 nitrogen and oxygen atoms in total. The third-order valence-electron chi connectivity index (χ3n) is 4.67. The summed E-state index contributed by atoms with van der Waals surface area (Å²) < 4.78 is 5.85. The van der Waals surface area contributed by atoms with Gasteiger partial charge in [-0.05, 0) is 31.9 Å². The van der Waals surface area contributed by atoms with Crippen LogP contribution in [-0.2, 0) is 0 Å². The molecule has 25 heavy (non-hydrogen) atoms. The van der Waals surface area contributed by atoms with E-state index in [0.717, 1.165) is 18.7 Å². The van der Waals surface area contributed by atoms with E-state index in [0.29, 0.717) is 27.9 Å². The molecule has 4 rings (SSSR count). The molecule has 1 fully saturated rings. The summed E-state index contributed by atoms with van der Waals surface area (Å²) in [6.07, 6.45) is 6.01. The van der Waals surface area contributed by atoms with E-state index >= 15 is 0 Å². The molecular formula is C18H20N4O2S. The molecule has 7 heteroatoms. The van der Waals surface area contributed by atoms with Gasteiger partial charge >= 0.3 is 0 Å². The highest BCUT2D eigenvalue weighted by molar-refractivity contribution is 7.99. The van der Waals surface area contributed by atoms with Crippen LogP contribution in [0, 0.1) is 0 Å². The maximum atomic E-state index is 12.2. The van der Waals surface area contributed by atoms with Crippen LogP contribution in [-0.4, -0.2) is 20.2 Å². The number of thioether (sulfide) groups is 1. The van der Waals surface area contributed by atoms with E-state index in [9.17, 15) is 4.79 Å². The molecule has 0 saturated heterocycles. The standard InChI is InChI=1S/C18H20N4O2S/c1-11(15-19-14-10-6-5-9-13(14)16(23)20-15)25-18-22-21-17(24-18)12-7-3-2-4-8-12/h5-6,9-12H,2-4,7-8H2,1H3,(H,19,20,23)/t11-/m1/s1. The van der Waals surface area contributed by atoms with Gasteiger partial charge in [0.2, 0.25) is 5.89 Å². The van der Waals surface area contributed by atoms with Gasteiger partial charge in [-0.1, -0.05) is 43.2 Å². The summed E-state index contributed by atoms with van der Waals surface area (Å²) in [5.41, 5.74) is 0.573. The zero-order chi connectivity index (χ0) is 17.2. The number of rotatable bonds is 4. The van der Waals surface area contributed by atoms with Crippen LogP contribution >= 0.6 is 11.8 Å². The topological polar surface area (TPSA) is 84.7 Å². The number of hydrogen-bond donors (Lipinski definition) is 1. The number of nitrogens with one attached hydrogen (secondary N) is 1. The first-order valence-electron chi connectivity index (χ1n) is 8.70. The van der Waals surface area contributed by atoms with E-state index in [1.165, 1.54) is 31.0 Å². The van der Waals surface area contributed by atoms with Gasteiger partial charge in [-0.3, -0.25) is 4.79 Å². The molecule has 130 valence electrons. The predicted molar refractivity (Wildman–Crippen MR) is 96.8 cm³/mol. The molecule has 0 bridgehead atoms.